The van der Waals surface area contributed by atoms with Crippen molar-refractivity contribution in [2.45, 2.75) is 32.6 Å². The first-order chi connectivity index (χ1) is 18.5. The van der Waals surface area contributed by atoms with Gasteiger partial charge < -0.3 is 14.6 Å². The summed E-state index contributed by atoms with van der Waals surface area (Å²) in [5.74, 6) is 1.86. The van der Waals surface area contributed by atoms with Crippen molar-refractivity contribution in [2.75, 3.05) is 25.0 Å². The van der Waals surface area contributed by atoms with E-state index in [-0.39, 0.29) is 11.8 Å². The SMILES string of the molecule is CCN(CC)C(=O)C1(c2ccccc2)CC1CNc1nc(-c2cn3ccnc3cc2C)nc2ccccc12. The predicted molar refractivity (Wildman–Crippen MR) is 151 cm³/mol. The van der Waals surface area contributed by atoms with Crippen LogP contribution < -0.4 is 5.32 Å². The Kier molecular flexibility index (Phi) is 6.06. The number of rotatable bonds is 8. The standard InChI is InChI=1S/C31H32N6O/c1-4-36(5-2)30(38)31(22-11-7-6-8-12-22)18-23(31)19-33-28-24-13-9-10-14-26(24)34-29(35-28)25-20-37-16-15-32-27(37)17-21(25)3/h6-17,20,23H,4-5,18-19H2,1-3H3,(H,33,34,35). The Morgan fingerprint density at radius 2 is 1.84 bits per heavy atom. The van der Waals surface area contributed by atoms with Gasteiger partial charge in [0.2, 0.25) is 5.91 Å². The van der Waals surface area contributed by atoms with E-state index in [1.807, 2.05) is 78.0 Å². The molecule has 2 aromatic carbocycles. The van der Waals surface area contributed by atoms with Gasteiger partial charge in [0.1, 0.15) is 11.5 Å². The molecule has 3 heterocycles. The fraction of sp³-hybridized carbons (Fsp3) is 0.290. The number of likely N-dealkylation sites (N-methyl/N-ethyl adjacent to an activating group) is 1. The van der Waals surface area contributed by atoms with Crippen LogP contribution in [0, 0.1) is 12.8 Å². The van der Waals surface area contributed by atoms with Crippen LogP contribution in [0.5, 0.6) is 0 Å². The lowest BCUT2D eigenvalue weighted by Gasteiger charge is -2.26. The van der Waals surface area contributed by atoms with Crippen LogP contribution >= 0.6 is 0 Å². The third kappa shape index (κ3) is 3.99. The number of imidazole rings is 1. The van der Waals surface area contributed by atoms with Crippen LogP contribution in [0.4, 0.5) is 5.82 Å². The number of fused-ring (bicyclic) bond motifs is 2. The van der Waals surface area contributed by atoms with E-state index in [1.165, 1.54) is 0 Å². The number of benzene rings is 2. The maximum Gasteiger partial charge on any atom is 0.233 e. The number of nitrogens with one attached hydrogen (secondary N) is 1. The minimum absolute atomic E-state index is 0.180. The van der Waals surface area contributed by atoms with Crippen LogP contribution in [-0.2, 0) is 10.2 Å². The molecule has 0 saturated heterocycles. The van der Waals surface area contributed by atoms with Gasteiger partial charge in [0, 0.05) is 49.2 Å². The van der Waals surface area contributed by atoms with Crippen molar-refractivity contribution in [3.8, 4) is 11.4 Å². The summed E-state index contributed by atoms with van der Waals surface area (Å²) in [6.07, 6.45) is 6.59. The normalized spacial score (nSPS) is 18.6. The van der Waals surface area contributed by atoms with Gasteiger partial charge in [-0.3, -0.25) is 4.79 Å². The average molecular weight is 505 g/mol. The van der Waals surface area contributed by atoms with E-state index in [0.29, 0.717) is 25.5 Å². The summed E-state index contributed by atoms with van der Waals surface area (Å²) in [5.41, 5.74) is 4.42. The van der Waals surface area contributed by atoms with Gasteiger partial charge in [-0.25, -0.2) is 15.0 Å². The lowest BCUT2D eigenvalue weighted by molar-refractivity contribution is -0.134. The summed E-state index contributed by atoms with van der Waals surface area (Å²) < 4.78 is 1.99. The van der Waals surface area contributed by atoms with Crippen molar-refractivity contribution in [3.05, 3.63) is 90.4 Å². The van der Waals surface area contributed by atoms with Crippen LogP contribution in [-0.4, -0.2) is 49.8 Å². The number of aryl methyl sites for hydroxylation is 1. The van der Waals surface area contributed by atoms with E-state index in [0.717, 1.165) is 45.5 Å². The molecule has 5 aromatic rings. The summed E-state index contributed by atoms with van der Waals surface area (Å²) >= 11 is 0. The first-order valence-electron chi connectivity index (χ1n) is 13.3. The maximum absolute atomic E-state index is 13.8. The van der Waals surface area contributed by atoms with Gasteiger partial charge >= 0.3 is 0 Å². The Balaban J connectivity index is 1.35. The molecule has 2 atom stereocenters. The number of hydrogen-bond donors (Lipinski definition) is 1. The summed E-state index contributed by atoms with van der Waals surface area (Å²) in [4.78, 5) is 30.0. The highest BCUT2D eigenvalue weighted by Crippen LogP contribution is 2.55. The molecule has 1 saturated carbocycles. The number of nitrogens with zero attached hydrogens (tertiary/aromatic N) is 5. The highest BCUT2D eigenvalue weighted by Gasteiger charge is 2.61. The minimum Gasteiger partial charge on any atom is -0.369 e. The Morgan fingerprint density at radius 1 is 1.08 bits per heavy atom. The quantitative estimate of drug-likeness (QED) is 0.302. The molecular weight excluding hydrogens is 472 g/mol. The second-order valence-electron chi connectivity index (χ2n) is 10.1. The second kappa shape index (κ2) is 9.56. The second-order valence-corrected chi connectivity index (χ2v) is 10.1. The lowest BCUT2D eigenvalue weighted by Crippen LogP contribution is -2.40. The number of aromatic nitrogens is 4. The molecule has 0 aliphatic heterocycles. The molecule has 192 valence electrons. The zero-order valence-electron chi connectivity index (χ0n) is 22.1. The highest BCUT2D eigenvalue weighted by molar-refractivity contribution is 5.93. The summed E-state index contributed by atoms with van der Waals surface area (Å²) in [6, 6.07) is 20.4. The number of hydrogen-bond acceptors (Lipinski definition) is 5. The molecule has 7 heteroatoms. The minimum atomic E-state index is -0.491. The van der Waals surface area contributed by atoms with Crippen molar-refractivity contribution in [1.29, 1.82) is 0 Å². The highest BCUT2D eigenvalue weighted by atomic mass is 16.2. The molecule has 0 spiro atoms. The smallest absolute Gasteiger partial charge is 0.233 e. The van der Waals surface area contributed by atoms with Crippen molar-refractivity contribution < 1.29 is 4.79 Å². The number of carbonyl (C=O) groups is 1. The van der Waals surface area contributed by atoms with E-state index in [2.05, 4.69) is 35.4 Å². The van der Waals surface area contributed by atoms with E-state index in [4.69, 9.17) is 9.97 Å². The van der Waals surface area contributed by atoms with Crippen LogP contribution in [0.15, 0.2) is 79.3 Å². The molecule has 6 rings (SSSR count). The van der Waals surface area contributed by atoms with Crippen molar-refractivity contribution in [1.82, 2.24) is 24.3 Å². The number of amides is 1. The van der Waals surface area contributed by atoms with E-state index in [9.17, 15) is 4.79 Å². The number of pyridine rings is 1. The largest absolute Gasteiger partial charge is 0.369 e. The third-order valence-electron chi connectivity index (χ3n) is 7.92. The molecular formula is C31H32N6O. The van der Waals surface area contributed by atoms with Crippen molar-refractivity contribution in [2.24, 2.45) is 5.92 Å². The van der Waals surface area contributed by atoms with E-state index < -0.39 is 5.41 Å². The zero-order valence-corrected chi connectivity index (χ0v) is 22.1. The Morgan fingerprint density at radius 3 is 2.63 bits per heavy atom. The molecule has 1 aliphatic rings. The third-order valence-corrected chi connectivity index (χ3v) is 7.92. The summed E-state index contributed by atoms with van der Waals surface area (Å²) in [5, 5.41) is 4.60. The Bertz CT molecular complexity index is 1620. The topological polar surface area (TPSA) is 75.4 Å². The van der Waals surface area contributed by atoms with Crippen LogP contribution in [0.25, 0.3) is 27.9 Å². The van der Waals surface area contributed by atoms with Crippen molar-refractivity contribution in [3.63, 3.8) is 0 Å². The van der Waals surface area contributed by atoms with Gasteiger partial charge in [0.25, 0.3) is 0 Å². The molecule has 2 unspecified atom stereocenters. The molecule has 1 fully saturated rings. The number of carbonyl (C=O) groups excluding carboxylic acids is 1. The van der Waals surface area contributed by atoms with E-state index in [1.54, 1.807) is 6.20 Å². The molecule has 1 N–H and O–H groups in total. The zero-order chi connectivity index (χ0) is 26.3. The van der Waals surface area contributed by atoms with Crippen LogP contribution in [0.3, 0.4) is 0 Å². The molecule has 3 aromatic heterocycles. The predicted octanol–water partition coefficient (Wildman–Crippen LogP) is 5.49. The van der Waals surface area contributed by atoms with Gasteiger partial charge in [-0.2, -0.15) is 0 Å². The van der Waals surface area contributed by atoms with Crippen molar-refractivity contribution >= 4 is 28.3 Å². The van der Waals surface area contributed by atoms with Gasteiger partial charge in [0.05, 0.1) is 10.9 Å². The fourth-order valence-electron chi connectivity index (χ4n) is 5.69. The van der Waals surface area contributed by atoms with Gasteiger partial charge in [-0.15, -0.1) is 0 Å². The van der Waals surface area contributed by atoms with E-state index >= 15 is 0 Å². The summed E-state index contributed by atoms with van der Waals surface area (Å²) in [6.45, 7) is 8.24. The molecule has 1 aliphatic carbocycles. The average Bonchev–Trinajstić information content (AvgIpc) is 3.52. The lowest BCUT2D eigenvalue weighted by atomic mass is 9.91. The molecule has 7 nitrogen and oxygen atoms in total. The molecule has 0 radical (unpaired) electrons. The first-order valence-corrected chi connectivity index (χ1v) is 13.3. The number of para-hydroxylation sites is 1. The molecule has 0 bridgehead atoms. The maximum atomic E-state index is 13.8. The Labute approximate surface area is 222 Å². The fourth-order valence-corrected chi connectivity index (χ4v) is 5.69. The summed E-state index contributed by atoms with van der Waals surface area (Å²) in [7, 11) is 0. The number of anilines is 1. The molecule has 1 amide bonds. The van der Waals surface area contributed by atoms with Gasteiger partial charge in [-0.1, -0.05) is 42.5 Å². The van der Waals surface area contributed by atoms with Crippen LogP contribution in [0.1, 0.15) is 31.4 Å². The van der Waals surface area contributed by atoms with Gasteiger partial charge in [-0.05, 0) is 62.4 Å². The molecule has 38 heavy (non-hydrogen) atoms. The Hall–Kier alpha value is -4.26. The van der Waals surface area contributed by atoms with Gasteiger partial charge in [0.15, 0.2) is 5.82 Å². The monoisotopic (exact) mass is 504 g/mol. The van der Waals surface area contributed by atoms with Crippen LogP contribution in [0.2, 0.25) is 0 Å². The first kappa shape index (κ1) is 24.1.